The van der Waals surface area contributed by atoms with Crippen molar-refractivity contribution in [3.05, 3.63) is 48.5 Å². The molecule has 0 aliphatic heterocycles. The molecule has 1 fully saturated rings. The van der Waals surface area contributed by atoms with Crippen molar-refractivity contribution in [1.82, 2.24) is 14.9 Å². The van der Waals surface area contributed by atoms with Crippen LogP contribution in [0.2, 0.25) is 0 Å². The summed E-state index contributed by atoms with van der Waals surface area (Å²) in [6.45, 7) is 0.981. The van der Waals surface area contributed by atoms with Crippen LogP contribution in [0.25, 0.3) is 5.69 Å². The van der Waals surface area contributed by atoms with Crippen LogP contribution >= 0.6 is 0 Å². The molecule has 0 unspecified atom stereocenters. The van der Waals surface area contributed by atoms with Crippen LogP contribution in [0.5, 0.6) is 0 Å². The number of nitrogens with zero attached hydrogens (tertiary/aromatic N) is 2. The molecular formula is C16H21N3. The van der Waals surface area contributed by atoms with E-state index in [1.54, 1.807) is 6.20 Å². The van der Waals surface area contributed by atoms with E-state index in [2.05, 4.69) is 34.6 Å². The van der Waals surface area contributed by atoms with Crippen LogP contribution in [0.1, 0.15) is 37.7 Å². The van der Waals surface area contributed by atoms with Gasteiger partial charge in [-0.3, -0.25) is 0 Å². The third-order valence-corrected chi connectivity index (χ3v) is 3.94. The second kappa shape index (κ2) is 6.02. The Balaban J connectivity index is 1.57. The van der Waals surface area contributed by atoms with Crippen molar-refractivity contribution in [3.63, 3.8) is 0 Å². The molecule has 0 atom stereocenters. The topological polar surface area (TPSA) is 29.9 Å². The summed E-state index contributed by atoms with van der Waals surface area (Å²) in [4.78, 5) is 4.07. The minimum atomic E-state index is 0.724. The highest BCUT2D eigenvalue weighted by atomic mass is 15.0. The first kappa shape index (κ1) is 12.4. The van der Waals surface area contributed by atoms with Gasteiger partial charge in [-0.25, -0.2) is 4.98 Å². The Morgan fingerprint density at radius 1 is 1.11 bits per heavy atom. The number of benzene rings is 1. The summed E-state index contributed by atoms with van der Waals surface area (Å²) in [6.07, 6.45) is 12.5. The van der Waals surface area contributed by atoms with Crippen molar-refractivity contribution >= 4 is 0 Å². The molecule has 1 N–H and O–H groups in total. The van der Waals surface area contributed by atoms with Gasteiger partial charge in [0, 0.05) is 30.7 Å². The maximum absolute atomic E-state index is 4.07. The summed E-state index contributed by atoms with van der Waals surface area (Å²) < 4.78 is 2.03. The predicted molar refractivity (Wildman–Crippen MR) is 77.3 cm³/mol. The van der Waals surface area contributed by atoms with Gasteiger partial charge in [-0.05, 0) is 30.5 Å². The molecule has 0 amide bonds. The molecule has 3 rings (SSSR count). The lowest BCUT2D eigenvalue weighted by Gasteiger charge is -2.22. The molecule has 2 aromatic rings. The smallest absolute Gasteiger partial charge is 0.0991 e. The van der Waals surface area contributed by atoms with E-state index in [1.807, 2.05) is 17.1 Å². The van der Waals surface area contributed by atoms with Gasteiger partial charge in [0.2, 0.25) is 0 Å². The van der Waals surface area contributed by atoms with Crippen molar-refractivity contribution in [2.24, 2.45) is 0 Å². The molecule has 1 aliphatic carbocycles. The number of aromatic nitrogens is 2. The Kier molecular flexibility index (Phi) is 3.94. The Hall–Kier alpha value is -1.61. The van der Waals surface area contributed by atoms with Crippen LogP contribution in [-0.2, 0) is 6.54 Å². The molecule has 1 aromatic carbocycles. The molecular weight excluding hydrogens is 234 g/mol. The second-order valence-electron chi connectivity index (χ2n) is 5.35. The molecule has 1 aromatic heterocycles. The summed E-state index contributed by atoms with van der Waals surface area (Å²) in [5.41, 5.74) is 2.52. The van der Waals surface area contributed by atoms with Crippen LogP contribution < -0.4 is 5.32 Å². The molecule has 1 saturated carbocycles. The van der Waals surface area contributed by atoms with E-state index in [4.69, 9.17) is 0 Å². The molecule has 1 aliphatic rings. The average molecular weight is 255 g/mol. The second-order valence-corrected chi connectivity index (χ2v) is 5.35. The van der Waals surface area contributed by atoms with Gasteiger partial charge in [0.15, 0.2) is 0 Å². The van der Waals surface area contributed by atoms with Gasteiger partial charge in [0.25, 0.3) is 0 Å². The highest BCUT2D eigenvalue weighted by Gasteiger charge is 2.12. The average Bonchev–Trinajstić information content (AvgIpc) is 3.01. The summed E-state index contributed by atoms with van der Waals surface area (Å²) in [6, 6.07) is 9.43. The third-order valence-electron chi connectivity index (χ3n) is 3.94. The van der Waals surface area contributed by atoms with Crippen molar-refractivity contribution in [1.29, 1.82) is 0 Å². The first-order valence-corrected chi connectivity index (χ1v) is 7.22. The standard InChI is InChI=1S/C16H21N3/c1-2-4-15(5-3-1)18-12-14-6-8-16(9-7-14)19-11-10-17-13-19/h6-11,13,15,18H,1-5,12H2. The Bertz CT molecular complexity index is 481. The van der Waals surface area contributed by atoms with Gasteiger partial charge in [-0.1, -0.05) is 31.4 Å². The molecule has 100 valence electrons. The van der Waals surface area contributed by atoms with E-state index in [0.29, 0.717) is 0 Å². The maximum atomic E-state index is 4.07. The Morgan fingerprint density at radius 2 is 1.89 bits per heavy atom. The van der Waals surface area contributed by atoms with Gasteiger partial charge in [0.1, 0.15) is 0 Å². The van der Waals surface area contributed by atoms with Crippen LogP contribution in [0.3, 0.4) is 0 Å². The van der Waals surface area contributed by atoms with Crippen LogP contribution in [-0.4, -0.2) is 15.6 Å². The summed E-state index contributed by atoms with van der Waals surface area (Å²) >= 11 is 0. The largest absolute Gasteiger partial charge is 0.310 e. The van der Waals surface area contributed by atoms with Crippen LogP contribution in [0.4, 0.5) is 0 Å². The number of hydrogen-bond donors (Lipinski definition) is 1. The molecule has 0 saturated heterocycles. The predicted octanol–water partition coefficient (Wildman–Crippen LogP) is 3.29. The van der Waals surface area contributed by atoms with Gasteiger partial charge in [0.05, 0.1) is 6.33 Å². The molecule has 0 bridgehead atoms. The molecule has 3 heteroatoms. The Labute approximate surface area is 114 Å². The summed E-state index contributed by atoms with van der Waals surface area (Å²) in [5, 5.41) is 3.67. The molecule has 19 heavy (non-hydrogen) atoms. The molecule has 0 spiro atoms. The first-order valence-electron chi connectivity index (χ1n) is 7.22. The summed E-state index contributed by atoms with van der Waals surface area (Å²) in [5.74, 6) is 0. The van der Waals surface area contributed by atoms with Gasteiger partial charge < -0.3 is 9.88 Å². The van der Waals surface area contributed by atoms with Crippen molar-refractivity contribution in [3.8, 4) is 5.69 Å². The van der Waals surface area contributed by atoms with Crippen molar-refractivity contribution < 1.29 is 0 Å². The number of imidazole rings is 1. The fraction of sp³-hybridized carbons (Fsp3) is 0.438. The lowest BCUT2D eigenvalue weighted by atomic mass is 9.95. The fourth-order valence-corrected chi connectivity index (χ4v) is 2.77. The number of rotatable bonds is 4. The van der Waals surface area contributed by atoms with Gasteiger partial charge in [-0.15, -0.1) is 0 Å². The molecule has 1 heterocycles. The number of nitrogens with one attached hydrogen (secondary N) is 1. The zero-order valence-corrected chi connectivity index (χ0v) is 11.3. The van der Waals surface area contributed by atoms with E-state index >= 15 is 0 Å². The lowest BCUT2D eigenvalue weighted by molar-refractivity contribution is 0.372. The zero-order valence-electron chi connectivity index (χ0n) is 11.3. The van der Waals surface area contributed by atoms with E-state index in [0.717, 1.165) is 12.6 Å². The molecule has 0 radical (unpaired) electrons. The molecule has 3 nitrogen and oxygen atoms in total. The lowest BCUT2D eigenvalue weighted by Crippen LogP contribution is -2.30. The van der Waals surface area contributed by atoms with Gasteiger partial charge >= 0.3 is 0 Å². The minimum Gasteiger partial charge on any atom is -0.310 e. The quantitative estimate of drug-likeness (QED) is 0.908. The highest BCUT2D eigenvalue weighted by molar-refractivity contribution is 5.34. The maximum Gasteiger partial charge on any atom is 0.0991 e. The zero-order chi connectivity index (χ0) is 12.9. The summed E-state index contributed by atoms with van der Waals surface area (Å²) in [7, 11) is 0. The van der Waals surface area contributed by atoms with E-state index in [-0.39, 0.29) is 0 Å². The highest BCUT2D eigenvalue weighted by Crippen LogP contribution is 2.18. The Morgan fingerprint density at radius 3 is 2.58 bits per heavy atom. The fourth-order valence-electron chi connectivity index (χ4n) is 2.77. The SMILES string of the molecule is c1cn(-c2ccc(CNC3CCCCC3)cc2)cn1. The van der Waals surface area contributed by atoms with Crippen LogP contribution in [0.15, 0.2) is 43.0 Å². The number of hydrogen-bond acceptors (Lipinski definition) is 2. The van der Waals surface area contributed by atoms with Crippen molar-refractivity contribution in [2.75, 3.05) is 0 Å². The van der Waals surface area contributed by atoms with E-state index in [9.17, 15) is 0 Å². The first-order chi connectivity index (χ1) is 9.42. The van der Waals surface area contributed by atoms with Crippen molar-refractivity contribution in [2.45, 2.75) is 44.7 Å². The minimum absolute atomic E-state index is 0.724. The van der Waals surface area contributed by atoms with Crippen LogP contribution in [0, 0.1) is 0 Å². The van der Waals surface area contributed by atoms with E-state index in [1.165, 1.54) is 43.4 Å². The monoisotopic (exact) mass is 255 g/mol. The van der Waals surface area contributed by atoms with Gasteiger partial charge in [-0.2, -0.15) is 0 Å². The normalized spacial score (nSPS) is 16.6. The third kappa shape index (κ3) is 3.24. The van der Waals surface area contributed by atoms with E-state index < -0.39 is 0 Å².